The lowest BCUT2D eigenvalue weighted by Crippen LogP contribution is -2.24. The minimum Gasteiger partial charge on any atom is -0.496 e. The fourth-order valence-corrected chi connectivity index (χ4v) is 3.07. The Balaban J connectivity index is 1.87. The smallest absolute Gasteiger partial charge is 0.338 e. The number of halogens is 3. The summed E-state index contributed by atoms with van der Waals surface area (Å²) in [5.74, 6) is -3.12. The van der Waals surface area contributed by atoms with Gasteiger partial charge in [0.05, 0.1) is 18.2 Å². The second-order valence-electron chi connectivity index (χ2n) is 6.33. The molecular weight excluding hydrogens is 416 g/mol. The van der Waals surface area contributed by atoms with Crippen molar-refractivity contribution in [1.82, 2.24) is 5.32 Å². The first-order valence-electron chi connectivity index (χ1n) is 8.73. The number of amides is 1. The van der Waals surface area contributed by atoms with Crippen LogP contribution in [0.2, 0.25) is 5.02 Å². The Morgan fingerprint density at radius 1 is 0.967 bits per heavy atom. The van der Waals surface area contributed by atoms with Crippen molar-refractivity contribution in [3.05, 3.63) is 87.9 Å². The summed E-state index contributed by atoms with van der Waals surface area (Å²) in [4.78, 5) is 23.5. The molecule has 0 saturated heterocycles. The third-order valence-corrected chi connectivity index (χ3v) is 4.66. The van der Waals surface area contributed by atoms with Crippen LogP contribution in [-0.2, 0) is 6.54 Å². The molecule has 0 aromatic heterocycles. The average Bonchev–Trinajstić information content (AvgIpc) is 2.72. The van der Waals surface area contributed by atoms with Crippen molar-refractivity contribution in [3.63, 3.8) is 0 Å². The third-order valence-electron chi connectivity index (χ3n) is 4.43. The Morgan fingerprint density at radius 2 is 1.67 bits per heavy atom. The fraction of sp³-hybridized carbons (Fsp3) is 0.0909. The van der Waals surface area contributed by atoms with E-state index >= 15 is 0 Å². The number of carboxylic acids is 1. The Hall–Kier alpha value is -3.45. The van der Waals surface area contributed by atoms with Gasteiger partial charge in [-0.2, -0.15) is 0 Å². The predicted octanol–water partition coefficient (Wildman–Crippen LogP) is 4.92. The highest BCUT2D eigenvalue weighted by molar-refractivity contribution is 6.30. The quantitative estimate of drug-likeness (QED) is 0.580. The van der Waals surface area contributed by atoms with E-state index in [1.165, 1.54) is 31.4 Å². The van der Waals surface area contributed by atoms with E-state index in [1.54, 1.807) is 18.2 Å². The number of rotatable bonds is 6. The van der Waals surface area contributed by atoms with Crippen LogP contribution in [0.4, 0.5) is 8.78 Å². The number of hydrogen-bond donors (Lipinski definition) is 2. The number of carboxylic acid groups (broad SMARTS) is 1. The molecule has 154 valence electrons. The average molecular weight is 432 g/mol. The van der Waals surface area contributed by atoms with Gasteiger partial charge >= 0.3 is 5.97 Å². The van der Waals surface area contributed by atoms with Crippen LogP contribution < -0.4 is 10.1 Å². The van der Waals surface area contributed by atoms with Crippen molar-refractivity contribution in [3.8, 4) is 16.9 Å². The molecule has 0 fully saturated rings. The van der Waals surface area contributed by atoms with Crippen molar-refractivity contribution in [2.24, 2.45) is 0 Å². The van der Waals surface area contributed by atoms with Gasteiger partial charge in [0.2, 0.25) is 0 Å². The minimum atomic E-state index is -1.37. The first-order chi connectivity index (χ1) is 14.3. The van der Waals surface area contributed by atoms with Crippen LogP contribution in [0.1, 0.15) is 26.3 Å². The number of ether oxygens (including phenoxy) is 1. The molecule has 30 heavy (non-hydrogen) atoms. The van der Waals surface area contributed by atoms with Gasteiger partial charge in [-0.05, 0) is 53.6 Å². The summed E-state index contributed by atoms with van der Waals surface area (Å²) in [6, 6.07) is 12.5. The van der Waals surface area contributed by atoms with E-state index in [9.17, 15) is 18.4 Å². The number of carbonyl (C=O) groups is 2. The molecule has 0 unspecified atom stereocenters. The highest BCUT2D eigenvalue weighted by Crippen LogP contribution is 2.28. The van der Waals surface area contributed by atoms with Gasteiger partial charge < -0.3 is 15.2 Å². The van der Waals surface area contributed by atoms with E-state index in [4.69, 9.17) is 21.4 Å². The van der Waals surface area contributed by atoms with Crippen LogP contribution in [0.5, 0.6) is 5.75 Å². The first kappa shape index (κ1) is 21.3. The maximum Gasteiger partial charge on any atom is 0.338 e. The summed E-state index contributed by atoms with van der Waals surface area (Å²) in [6.07, 6.45) is 0. The lowest BCUT2D eigenvalue weighted by molar-refractivity contribution is 0.0691. The lowest BCUT2D eigenvalue weighted by Gasteiger charge is -2.13. The molecule has 3 aromatic carbocycles. The van der Waals surface area contributed by atoms with Gasteiger partial charge in [-0.1, -0.05) is 23.7 Å². The molecule has 0 atom stereocenters. The number of benzene rings is 3. The van der Waals surface area contributed by atoms with Crippen LogP contribution >= 0.6 is 11.6 Å². The lowest BCUT2D eigenvalue weighted by atomic mass is 10.00. The SMILES string of the molecule is COc1ccc(-c2ccc(F)c(C(=O)O)c2)cc1CNC(=O)c1ccc(Cl)cc1F. The molecule has 3 aromatic rings. The minimum absolute atomic E-state index is 0.0187. The monoisotopic (exact) mass is 431 g/mol. The number of hydrogen-bond acceptors (Lipinski definition) is 3. The van der Waals surface area contributed by atoms with E-state index in [2.05, 4.69) is 5.32 Å². The topological polar surface area (TPSA) is 75.6 Å². The third kappa shape index (κ3) is 4.58. The molecule has 0 bridgehead atoms. The number of nitrogens with one attached hydrogen (secondary N) is 1. The molecular formula is C22H16ClF2NO4. The number of methoxy groups -OCH3 is 1. The summed E-state index contributed by atoms with van der Waals surface area (Å²) in [5.41, 5.74) is 1.04. The molecule has 0 aliphatic heterocycles. The normalized spacial score (nSPS) is 10.5. The highest BCUT2D eigenvalue weighted by Gasteiger charge is 2.15. The zero-order valence-corrected chi connectivity index (χ0v) is 16.5. The zero-order chi connectivity index (χ0) is 21.8. The molecule has 0 aliphatic carbocycles. The van der Waals surface area contributed by atoms with E-state index in [1.807, 2.05) is 0 Å². The van der Waals surface area contributed by atoms with Crippen molar-refractivity contribution in [2.75, 3.05) is 7.11 Å². The van der Waals surface area contributed by atoms with Crippen molar-refractivity contribution in [2.45, 2.75) is 6.54 Å². The van der Waals surface area contributed by atoms with Crippen LogP contribution in [0.25, 0.3) is 11.1 Å². The first-order valence-corrected chi connectivity index (χ1v) is 9.11. The van der Waals surface area contributed by atoms with Gasteiger partial charge in [-0.3, -0.25) is 4.79 Å². The summed E-state index contributed by atoms with van der Waals surface area (Å²) in [5, 5.41) is 11.9. The van der Waals surface area contributed by atoms with Crippen molar-refractivity contribution < 1.29 is 28.2 Å². The van der Waals surface area contributed by atoms with Gasteiger partial charge in [-0.25, -0.2) is 13.6 Å². The Labute approximate surface area is 175 Å². The van der Waals surface area contributed by atoms with E-state index in [0.717, 1.165) is 12.1 Å². The molecule has 0 heterocycles. The second kappa shape index (κ2) is 8.92. The largest absolute Gasteiger partial charge is 0.496 e. The van der Waals surface area contributed by atoms with Gasteiger partial charge in [0.25, 0.3) is 5.91 Å². The van der Waals surface area contributed by atoms with Crippen LogP contribution in [-0.4, -0.2) is 24.1 Å². The van der Waals surface area contributed by atoms with Crippen LogP contribution in [0, 0.1) is 11.6 Å². The Bertz CT molecular complexity index is 1130. The van der Waals surface area contributed by atoms with Gasteiger partial charge in [-0.15, -0.1) is 0 Å². The molecule has 0 radical (unpaired) electrons. The van der Waals surface area contributed by atoms with Gasteiger partial charge in [0.1, 0.15) is 17.4 Å². The van der Waals surface area contributed by atoms with Crippen LogP contribution in [0.3, 0.4) is 0 Å². The second-order valence-corrected chi connectivity index (χ2v) is 6.77. The van der Waals surface area contributed by atoms with E-state index < -0.39 is 29.1 Å². The maximum absolute atomic E-state index is 13.9. The van der Waals surface area contributed by atoms with Crippen molar-refractivity contribution in [1.29, 1.82) is 0 Å². The summed E-state index contributed by atoms with van der Waals surface area (Å²) >= 11 is 5.70. The Morgan fingerprint density at radius 3 is 2.33 bits per heavy atom. The molecule has 8 heteroatoms. The molecule has 1 amide bonds. The number of carbonyl (C=O) groups excluding carboxylic acids is 1. The van der Waals surface area contributed by atoms with Crippen LogP contribution in [0.15, 0.2) is 54.6 Å². The number of aromatic carboxylic acids is 1. The molecule has 0 spiro atoms. The van der Waals surface area contributed by atoms with E-state index in [0.29, 0.717) is 22.4 Å². The molecule has 3 rings (SSSR count). The summed E-state index contributed by atoms with van der Waals surface area (Å²) in [6.45, 7) is 0.0187. The van der Waals surface area contributed by atoms with Gasteiger partial charge in [0, 0.05) is 17.1 Å². The summed E-state index contributed by atoms with van der Waals surface area (Å²) < 4.78 is 32.9. The molecule has 5 nitrogen and oxygen atoms in total. The standard InChI is InChI=1S/C22H16ClF2NO4/c1-30-20-7-3-12(13-2-6-18(24)17(9-13)22(28)29)8-14(20)11-26-21(27)16-5-4-15(23)10-19(16)25/h2-10H,11H2,1H3,(H,26,27)(H,28,29). The maximum atomic E-state index is 13.9. The van der Waals surface area contributed by atoms with Gasteiger partial charge in [0.15, 0.2) is 0 Å². The highest BCUT2D eigenvalue weighted by atomic mass is 35.5. The predicted molar refractivity (Wildman–Crippen MR) is 108 cm³/mol. The van der Waals surface area contributed by atoms with Crippen molar-refractivity contribution >= 4 is 23.5 Å². The molecule has 2 N–H and O–H groups in total. The van der Waals surface area contributed by atoms with E-state index in [-0.39, 0.29) is 17.1 Å². The molecule has 0 saturated carbocycles. The Kier molecular flexibility index (Phi) is 6.32. The summed E-state index contributed by atoms with van der Waals surface area (Å²) in [7, 11) is 1.46. The molecule has 0 aliphatic rings. The fourth-order valence-electron chi connectivity index (χ4n) is 2.91. The zero-order valence-electron chi connectivity index (χ0n) is 15.7.